The molecule has 0 atom stereocenters. The van der Waals surface area contributed by atoms with Gasteiger partial charge in [-0.1, -0.05) is 0 Å². The van der Waals surface area contributed by atoms with Crippen LogP contribution in [0.3, 0.4) is 0 Å². The molecule has 1 aliphatic carbocycles. The Morgan fingerprint density at radius 2 is 2.28 bits per heavy atom. The zero-order valence-corrected chi connectivity index (χ0v) is 9.93. The molecule has 1 aromatic heterocycles. The Kier molecular flexibility index (Phi) is 3.93. The van der Waals surface area contributed by atoms with Gasteiger partial charge < -0.3 is 15.7 Å². The molecule has 7 nitrogen and oxygen atoms in total. The lowest BCUT2D eigenvalue weighted by Crippen LogP contribution is -2.29. The summed E-state index contributed by atoms with van der Waals surface area (Å²) in [6.45, 7) is 0.933. The van der Waals surface area contributed by atoms with E-state index in [1.165, 1.54) is 29.9 Å². The fourth-order valence-electron chi connectivity index (χ4n) is 1.57. The van der Waals surface area contributed by atoms with Gasteiger partial charge in [-0.3, -0.25) is 14.3 Å². The molecule has 0 saturated heterocycles. The Hall–Kier alpha value is -1.89. The van der Waals surface area contributed by atoms with E-state index in [2.05, 4.69) is 15.7 Å². The first kappa shape index (κ1) is 12.6. The molecule has 0 unspecified atom stereocenters. The van der Waals surface area contributed by atoms with Crippen LogP contribution in [0.4, 0.5) is 5.69 Å². The highest BCUT2D eigenvalue weighted by molar-refractivity contribution is 5.91. The second-order valence-corrected chi connectivity index (χ2v) is 4.44. The van der Waals surface area contributed by atoms with E-state index in [1.54, 1.807) is 0 Å². The van der Waals surface area contributed by atoms with Crippen molar-refractivity contribution in [3.63, 3.8) is 0 Å². The van der Waals surface area contributed by atoms with E-state index in [-0.39, 0.29) is 19.0 Å². The van der Waals surface area contributed by atoms with Gasteiger partial charge in [0.05, 0.1) is 18.4 Å². The number of anilines is 1. The summed E-state index contributed by atoms with van der Waals surface area (Å²) in [4.78, 5) is 22.0. The number of aliphatic carboxylic acids is 1. The SMILES string of the molecule is O=C(O)Cn1cc(NC(=O)CNCC2CC2)cn1. The molecule has 0 bridgehead atoms. The van der Waals surface area contributed by atoms with Gasteiger partial charge in [-0.2, -0.15) is 5.10 Å². The normalized spacial score (nSPS) is 14.4. The molecule has 2 rings (SSSR count). The summed E-state index contributed by atoms with van der Waals surface area (Å²) < 4.78 is 1.26. The standard InChI is InChI=1S/C11H16N4O3/c16-10(5-12-3-8-1-2-8)14-9-4-13-15(6-9)7-11(17)18/h4,6,8,12H,1-3,5,7H2,(H,14,16)(H,17,18). The average Bonchev–Trinajstić information content (AvgIpc) is 3.00. The van der Waals surface area contributed by atoms with Crippen molar-refractivity contribution < 1.29 is 14.7 Å². The van der Waals surface area contributed by atoms with Gasteiger partial charge in [0.15, 0.2) is 0 Å². The molecule has 0 aliphatic heterocycles. The van der Waals surface area contributed by atoms with Crippen molar-refractivity contribution >= 4 is 17.6 Å². The number of carboxylic acids is 1. The average molecular weight is 252 g/mol. The smallest absolute Gasteiger partial charge is 0.325 e. The minimum absolute atomic E-state index is 0.148. The Bertz CT molecular complexity index is 439. The van der Waals surface area contributed by atoms with Crippen LogP contribution in [0.1, 0.15) is 12.8 Å². The third kappa shape index (κ3) is 4.17. The number of nitrogens with one attached hydrogen (secondary N) is 2. The molecule has 1 amide bonds. The van der Waals surface area contributed by atoms with Crippen LogP contribution < -0.4 is 10.6 Å². The summed E-state index contributed by atoms with van der Waals surface area (Å²) in [7, 11) is 0. The van der Waals surface area contributed by atoms with E-state index in [9.17, 15) is 9.59 Å². The minimum Gasteiger partial charge on any atom is -0.480 e. The lowest BCUT2D eigenvalue weighted by Gasteiger charge is -2.03. The molecule has 1 aliphatic rings. The summed E-state index contributed by atoms with van der Waals surface area (Å²) in [5.74, 6) is -0.385. The zero-order valence-electron chi connectivity index (χ0n) is 9.93. The molecule has 98 valence electrons. The van der Waals surface area contributed by atoms with Crippen LogP contribution >= 0.6 is 0 Å². The van der Waals surface area contributed by atoms with E-state index in [0.29, 0.717) is 5.69 Å². The van der Waals surface area contributed by atoms with Crippen molar-refractivity contribution in [1.29, 1.82) is 0 Å². The van der Waals surface area contributed by atoms with Crippen molar-refractivity contribution in [2.45, 2.75) is 19.4 Å². The topological polar surface area (TPSA) is 96.2 Å². The van der Waals surface area contributed by atoms with Crippen LogP contribution in [0.25, 0.3) is 0 Å². The highest BCUT2D eigenvalue weighted by atomic mass is 16.4. The van der Waals surface area contributed by atoms with E-state index in [1.807, 2.05) is 0 Å². The van der Waals surface area contributed by atoms with Gasteiger partial charge in [0.1, 0.15) is 6.54 Å². The minimum atomic E-state index is -0.970. The van der Waals surface area contributed by atoms with Crippen molar-refractivity contribution in [1.82, 2.24) is 15.1 Å². The molecule has 0 aromatic carbocycles. The molecule has 1 heterocycles. The Morgan fingerprint density at radius 3 is 2.94 bits per heavy atom. The predicted molar refractivity (Wildman–Crippen MR) is 64.1 cm³/mol. The largest absolute Gasteiger partial charge is 0.480 e. The monoisotopic (exact) mass is 252 g/mol. The van der Waals surface area contributed by atoms with Crippen molar-refractivity contribution in [3.05, 3.63) is 12.4 Å². The van der Waals surface area contributed by atoms with Gasteiger partial charge in [-0.25, -0.2) is 0 Å². The third-order valence-electron chi connectivity index (χ3n) is 2.63. The van der Waals surface area contributed by atoms with E-state index in [0.717, 1.165) is 12.5 Å². The molecular weight excluding hydrogens is 236 g/mol. The van der Waals surface area contributed by atoms with E-state index < -0.39 is 5.97 Å². The maximum atomic E-state index is 11.5. The molecular formula is C11H16N4O3. The number of nitrogens with zero attached hydrogens (tertiary/aromatic N) is 2. The van der Waals surface area contributed by atoms with Crippen molar-refractivity contribution in [3.8, 4) is 0 Å². The van der Waals surface area contributed by atoms with Crippen LogP contribution in [-0.2, 0) is 16.1 Å². The first-order chi connectivity index (χ1) is 8.63. The maximum Gasteiger partial charge on any atom is 0.325 e. The second kappa shape index (κ2) is 5.63. The molecule has 7 heteroatoms. The molecule has 18 heavy (non-hydrogen) atoms. The highest BCUT2D eigenvalue weighted by Gasteiger charge is 2.20. The highest BCUT2D eigenvalue weighted by Crippen LogP contribution is 2.27. The molecule has 0 radical (unpaired) electrons. The van der Waals surface area contributed by atoms with Gasteiger partial charge in [0.2, 0.25) is 5.91 Å². The van der Waals surface area contributed by atoms with Crippen LogP contribution in [0, 0.1) is 5.92 Å². The number of hydrogen-bond donors (Lipinski definition) is 3. The number of carboxylic acid groups (broad SMARTS) is 1. The van der Waals surface area contributed by atoms with Crippen LogP contribution in [0.2, 0.25) is 0 Å². The number of rotatable bonds is 7. The molecule has 1 fully saturated rings. The van der Waals surface area contributed by atoms with Crippen LogP contribution in [0.15, 0.2) is 12.4 Å². The van der Waals surface area contributed by atoms with Gasteiger partial charge in [-0.05, 0) is 25.3 Å². The Balaban J connectivity index is 1.71. The first-order valence-corrected chi connectivity index (χ1v) is 5.88. The summed E-state index contributed by atoms with van der Waals surface area (Å²) in [6.07, 6.45) is 5.42. The first-order valence-electron chi connectivity index (χ1n) is 5.88. The van der Waals surface area contributed by atoms with Gasteiger partial charge in [0.25, 0.3) is 0 Å². The fraction of sp³-hybridized carbons (Fsp3) is 0.545. The second-order valence-electron chi connectivity index (χ2n) is 4.44. The number of carbonyl (C=O) groups excluding carboxylic acids is 1. The predicted octanol–water partition coefficient (Wildman–Crippen LogP) is -0.0942. The van der Waals surface area contributed by atoms with Gasteiger partial charge >= 0.3 is 5.97 Å². The van der Waals surface area contributed by atoms with Crippen LogP contribution in [0.5, 0.6) is 0 Å². The number of amides is 1. The summed E-state index contributed by atoms with van der Waals surface area (Å²) in [5.41, 5.74) is 0.509. The van der Waals surface area contributed by atoms with Gasteiger partial charge in [0, 0.05) is 6.20 Å². The number of aromatic nitrogens is 2. The third-order valence-corrected chi connectivity index (χ3v) is 2.63. The van der Waals surface area contributed by atoms with E-state index in [4.69, 9.17) is 5.11 Å². The van der Waals surface area contributed by atoms with Crippen molar-refractivity contribution in [2.24, 2.45) is 5.92 Å². The van der Waals surface area contributed by atoms with Crippen LogP contribution in [-0.4, -0.2) is 39.9 Å². The fourth-order valence-corrected chi connectivity index (χ4v) is 1.57. The number of hydrogen-bond acceptors (Lipinski definition) is 4. The Labute approximate surface area is 104 Å². The number of carbonyl (C=O) groups is 2. The molecule has 1 saturated carbocycles. The molecule has 1 aromatic rings. The summed E-state index contributed by atoms with van der Waals surface area (Å²) >= 11 is 0. The maximum absolute atomic E-state index is 11.5. The molecule has 0 spiro atoms. The quantitative estimate of drug-likeness (QED) is 0.630. The molecule has 3 N–H and O–H groups in total. The Morgan fingerprint density at radius 1 is 1.50 bits per heavy atom. The lowest BCUT2D eigenvalue weighted by molar-refractivity contribution is -0.137. The summed E-state index contributed by atoms with van der Waals surface area (Å²) in [6, 6.07) is 0. The van der Waals surface area contributed by atoms with E-state index >= 15 is 0 Å². The summed E-state index contributed by atoms with van der Waals surface area (Å²) in [5, 5.41) is 18.1. The zero-order chi connectivity index (χ0) is 13.0. The van der Waals surface area contributed by atoms with Crippen molar-refractivity contribution in [2.75, 3.05) is 18.4 Å². The van der Waals surface area contributed by atoms with Gasteiger partial charge in [-0.15, -0.1) is 0 Å². The lowest BCUT2D eigenvalue weighted by atomic mass is 10.4.